The molecule has 0 unspecified atom stereocenters. The predicted molar refractivity (Wildman–Crippen MR) is 106 cm³/mol. The van der Waals surface area contributed by atoms with Gasteiger partial charge in [0.2, 0.25) is 0 Å². The molecule has 0 saturated carbocycles. The highest BCUT2D eigenvalue weighted by Crippen LogP contribution is 2.12. The molecule has 0 aliphatic heterocycles. The molecule has 0 amide bonds. The van der Waals surface area contributed by atoms with Gasteiger partial charge < -0.3 is 10.6 Å². The molecule has 2 N–H and O–H groups in total. The maximum Gasteiger partial charge on any atom is 0.166 e. The highest BCUT2D eigenvalue weighted by Gasteiger charge is 2.08. The van der Waals surface area contributed by atoms with Crippen molar-refractivity contribution in [3.63, 3.8) is 0 Å². The molecule has 0 bridgehead atoms. The van der Waals surface area contributed by atoms with Crippen LogP contribution in [0.2, 0.25) is 0 Å². The van der Waals surface area contributed by atoms with Gasteiger partial charge in [-0.2, -0.15) is 0 Å². The Morgan fingerprint density at radius 1 is 0.917 bits per heavy atom. The molecule has 0 spiro atoms. The molecule has 2 rings (SSSR count). The molecule has 128 valence electrons. The van der Waals surface area contributed by atoms with Crippen LogP contribution in [0.25, 0.3) is 0 Å². The average molecular weight is 342 g/mol. The van der Waals surface area contributed by atoms with Crippen LogP contribution < -0.4 is 10.6 Å². The Morgan fingerprint density at radius 3 is 2.17 bits per heavy atom. The highest BCUT2D eigenvalue weighted by molar-refractivity contribution is 7.80. The number of rotatable bonds is 7. The summed E-state index contributed by atoms with van der Waals surface area (Å²) in [5.74, 6) is 0. The van der Waals surface area contributed by atoms with Crippen LogP contribution >= 0.6 is 12.2 Å². The van der Waals surface area contributed by atoms with Crippen molar-refractivity contribution in [2.45, 2.75) is 39.5 Å². The van der Waals surface area contributed by atoms with Crippen LogP contribution in [0.1, 0.15) is 30.5 Å². The van der Waals surface area contributed by atoms with Crippen LogP contribution in [0.4, 0.5) is 0 Å². The summed E-state index contributed by atoms with van der Waals surface area (Å²) in [7, 11) is 2.15. The maximum absolute atomic E-state index is 5.39. The van der Waals surface area contributed by atoms with Crippen molar-refractivity contribution in [1.29, 1.82) is 0 Å². The predicted octanol–water partition coefficient (Wildman–Crippen LogP) is 3.69. The zero-order chi connectivity index (χ0) is 17.4. The Hall–Kier alpha value is -1.91. The maximum atomic E-state index is 5.39. The lowest BCUT2D eigenvalue weighted by atomic mass is 10.1. The van der Waals surface area contributed by atoms with Crippen molar-refractivity contribution >= 4 is 17.3 Å². The van der Waals surface area contributed by atoms with E-state index in [0.29, 0.717) is 11.2 Å². The zero-order valence-electron chi connectivity index (χ0n) is 14.8. The Balaban J connectivity index is 1.86. The fourth-order valence-corrected chi connectivity index (χ4v) is 2.50. The molecule has 3 nitrogen and oxygen atoms in total. The van der Waals surface area contributed by atoms with E-state index < -0.39 is 0 Å². The SMILES string of the molecule is CC(C)N(C)Cc1ccccc1CNC(=S)NCc1ccccc1. The van der Waals surface area contributed by atoms with Crippen LogP contribution in [0.5, 0.6) is 0 Å². The molecule has 0 aliphatic carbocycles. The van der Waals surface area contributed by atoms with Crippen molar-refractivity contribution in [3.05, 3.63) is 71.3 Å². The Morgan fingerprint density at radius 2 is 1.50 bits per heavy atom. The summed E-state index contributed by atoms with van der Waals surface area (Å²) in [5.41, 5.74) is 3.85. The lowest BCUT2D eigenvalue weighted by Crippen LogP contribution is -2.34. The van der Waals surface area contributed by atoms with Gasteiger partial charge in [0, 0.05) is 25.7 Å². The van der Waals surface area contributed by atoms with E-state index >= 15 is 0 Å². The topological polar surface area (TPSA) is 27.3 Å². The van der Waals surface area contributed by atoms with Crippen LogP contribution in [-0.4, -0.2) is 23.1 Å². The van der Waals surface area contributed by atoms with Gasteiger partial charge in [0.1, 0.15) is 0 Å². The van der Waals surface area contributed by atoms with Gasteiger partial charge in [-0.25, -0.2) is 0 Å². The molecule has 2 aromatic rings. The van der Waals surface area contributed by atoms with Crippen LogP contribution in [0.15, 0.2) is 54.6 Å². The average Bonchev–Trinajstić information content (AvgIpc) is 2.60. The van der Waals surface area contributed by atoms with E-state index in [1.165, 1.54) is 16.7 Å². The molecule has 4 heteroatoms. The zero-order valence-corrected chi connectivity index (χ0v) is 15.6. The molecule has 24 heavy (non-hydrogen) atoms. The molecule has 0 saturated heterocycles. The van der Waals surface area contributed by atoms with Crippen molar-refractivity contribution in [2.24, 2.45) is 0 Å². The van der Waals surface area contributed by atoms with Gasteiger partial charge in [0.25, 0.3) is 0 Å². The second-order valence-corrected chi connectivity index (χ2v) is 6.71. The Labute approximate surface area is 151 Å². The number of hydrogen-bond donors (Lipinski definition) is 2. The first-order valence-corrected chi connectivity index (χ1v) is 8.79. The van der Waals surface area contributed by atoms with Crippen LogP contribution in [-0.2, 0) is 19.6 Å². The third kappa shape index (κ3) is 5.95. The minimum Gasteiger partial charge on any atom is -0.359 e. The Bertz CT molecular complexity index is 640. The van der Waals surface area contributed by atoms with Crippen LogP contribution in [0, 0.1) is 0 Å². The van der Waals surface area contributed by atoms with Gasteiger partial charge in [0.05, 0.1) is 0 Å². The monoisotopic (exact) mass is 341 g/mol. The van der Waals surface area contributed by atoms with E-state index in [9.17, 15) is 0 Å². The Kier molecular flexibility index (Phi) is 7.22. The smallest absolute Gasteiger partial charge is 0.166 e. The molecule has 0 atom stereocenters. The summed E-state index contributed by atoms with van der Waals surface area (Å²) in [6.45, 7) is 6.85. The van der Waals surface area contributed by atoms with Gasteiger partial charge in [0.15, 0.2) is 5.11 Å². The molecule has 2 aromatic carbocycles. The van der Waals surface area contributed by atoms with E-state index in [0.717, 1.165) is 19.6 Å². The van der Waals surface area contributed by atoms with E-state index in [1.807, 2.05) is 18.2 Å². The molecular formula is C20H27N3S. The second kappa shape index (κ2) is 9.40. The van der Waals surface area contributed by atoms with Gasteiger partial charge in [-0.15, -0.1) is 0 Å². The normalized spacial score (nSPS) is 10.9. The highest BCUT2D eigenvalue weighted by atomic mass is 32.1. The number of hydrogen-bond acceptors (Lipinski definition) is 2. The minimum atomic E-state index is 0.527. The largest absolute Gasteiger partial charge is 0.359 e. The molecule has 0 heterocycles. The van der Waals surface area contributed by atoms with E-state index in [-0.39, 0.29) is 0 Å². The van der Waals surface area contributed by atoms with Gasteiger partial charge in [-0.3, -0.25) is 4.90 Å². The third-order valence-corrected chi connectivity index (χ3v) is 4.44. The summed E-state index contributed by atoms with van der Waals surface area (Å²) in [6.07, 6.45) is 0. The second-order valence-electron chi connectivity index (χ2n) is 6.30. The van der Waals surface area contributed by atoms with Crippen molar-refractivity contribution < 1.29 is 0 Å². The molecular weight excluding hydrogens is 314 g/mol. The molecule has 0 fully saturated rings. The fourth-order valence-electron chi connectivity index (χ4n) is 2.35. The molecule has 0 radical (unpaired) electrons. The summed E-state index contributed by atoms with van der Waals surface area (Å²) in [6, 6.07) is 19.3. The minimum absolute atomic E-state index is 0.527. The quantitative estimate of drug-likeness (QED) is 0.751. The molecule has 0 aliphatic rings. The summed E-state index contributed by atoms with van der Waals surface area (Å²) < 4.78 is 0. The van der Waals surface area contributed by atoms with Crippen molar-refractivity contribution in [1.82, 2.24) is 15.5 Å². The number of nitrogens with zero attached hydrogens (tertiary/aromatic N) is 1. The standard InChI is InChI=1S/C20H27N3S/c1-16(2)23(3)15-19-12-8-7-11-18(19)14-22-20(24)21-13-17-9-5-4-6-10-17/h4-12,16H,13-15H2,1-3H3,(H2,21,22,24). The first kappa shape index (κ1) is 18.4. The van der Waals surface area contributed by atoms with Gasteiger partial charge in [-0.05, 0) is 49.8 Å². The van der Waals surface area contributed by atoms with Crippen LogP contribution in [0.3, 0.4) is 0 Å². The number of thiocarbonyl (C=S) groups is 1. The lowest BCUT2D eigenvalue weighted by molar-refractivity contribution is 0.265. The molecule has 0 aromatic heterocycles. The van der Waals surface area contributed by atoms with E-state index in [2.05, 4.69) is 72.8 Å². The van der Waals surface area contributed by atoms with E-state index in [1.54, 1.807) is 0 Å². The van der Waals surface area contributed by atoms with E-state index in [4.69, 9.17) is 12.2 Å². The number of nitrogens with one attached hydrogen (secondary N) is 2. The third-order valence-electron chi connectivity index (χ3n) is 4.15. The van der Waals surface area contributed by atoms with Crippen molar-refractivity contribution in [2.75, 3.05) is 7.05 Å². The van der Waals surface area contributed by atoms with Gasteiger partial charge in [-0.1, -0.05) is 54.6 Å². The first-order valence-electron chi connectivity index (χ1n) is 8.39. The first-order chi connectivity index (χ1) is 11.6. The summed E-state index contributed by atoms with van der Waals surface area (Å²) in [5, 5.41) is 7.26. The summed E-state index contributed by atoms with van der Waals surface area (Å²) >= 11 is 5.39. The van der Waals surface area contributed by atoms with Gasteiger partial charge >= 0.3 is 0 Å². The van der Waals surface area contributed by atoms with Crippen molar-refractivity contribution in [3.8, 4) is 0 Å². The fraction of sp³-hybridized carbons (Fsp3) is 0.350. The lowest BCUT2D eigenvalue weighted by Gasteiger charge is -2.22. The number of benzene rings is 2. The summed E-state index contributed by atoms with van der Waals surface area (Å²) in [4.78, 5) is 2.34.